The van der Waals surface area contributed by atoms with E-state index in [-0.39, 0.29) is 52.7 Å². The molecule has 238 valence electrons. The van der Waals surface area contributed by atoms with E-state index in [0.29, 0.717) is 55.1 Å². The third-order valence-electron chi connectivity index (χ3n) is 10.2. The maximum atomic E-state index is 16.8. The number of benzene rings is 3. The molecule has 10 heteroatoms. The lowest BCUT2D eigenvalue weighted by molar-refractivity contribution is 0.0140. The van der Waals surface area contributed by atoms with Gasteiger partial charge >= 0.3 is 6.01 Å². The van der Waals surface area contributed by atoms with E-state index in [1.54, 1.807) is 13.8 Å². The summed E-state index contributed by atoms with van der Waals surface area (Å²) in [6.07, 6.45) is 3.66. The van der Waals surface area contributed by atoms with Crippen LogP contribution in [0.3, 0.4) is 0 Å². The van der Waals surface area contributed by atoms with Gasteiger partial charge in [-0.15, -0.1) is 0 Å². The number of hydrogen-bond acceptors (Lipinski definition) is 6. The summed E-state index contributed by atoms with van der Waals surface area (Å²) >= 11 is 0. The summed E-state index contributed by atoms with van der Waals surface area (Å²) in [6, 6.07) is 6.53. The van der Waals surface area contributed by atoms with Gasteiger partial charge < -0.3 is 14.9 Å². The topological polar surface area (TPSA) is 78.7 Å². The first-order valence-corrected chi connectivity index (χ1v) is 15.9. The molecule has 2 saturated heterocycles. The summed E-state index contributed by atoms with van der Waals surface area (Å²) in [5.74, 6) is -2.92. The van der Waals surface area contributed by atoms with E-state index >= 15 is 8.78 Å². The van der Waals surface area contributed by atoms with Gasteiger partial charge in [0.15, 0.2) is 5.82 Å². The van der Waals surface area contributed by atoms with Crippen LogP contribution in [-0.4, -0.2) is 62.1 Å². The number of aryl methyl sites for hydroxylation is 1. The predicted molar refractivity (Wildman–Crippen MR) is 164 cm³/mol. The summed E-state index contributed by atoms with van der Waals surface area (Å²) in [5.41, 5.74) is -1.38. The van der Waals surface area contributed by atoms with Crippen molar-refractivity contribution in [2.75, 3.05) is 19.7 Å². The zero-order valence-electron chi connectivity index (χ0n) is 25.5. The number of hydrogen-bond donors (Lipinski definition) is 2. The molecule has 3 heterocycles. The van der Waals surface area contributed by atoms with Crippen molar-refractivity contribution < 1.29 is 32.5 Å². The fourth-order valence-corrected chi connectivity index (χ4v) is 8.21. The Hall–Kier alpha value is -3.50. The number of alkyl halides is 1. The minimum atomic E-state index is -0.982. The number of aromatic nitrogens is 2. The number of rotatable bonds is 6. The third kappa shape index (κ3) is 5.19. The van der Waals surface area contributed by atoms with Gasteiger partial charge in [-0.2, -0.15) is 9.97 Å². The van der Waals surface area contributed by atoms with E-state index in [2.05, 4.69) is 14.9 Å². The molecule has 1 aromatic heterocycles. The molecule has 4 aromatic rings. The number of fused-ring (bicyclic) bond motifs is 3. The van der Waals surface area contributed by atoms with E-state index in [1.807, 2.05) is 0 Å². The number of halogens is 4. The smallest absolute Gasteiger partial charge is 0.317 e. The molecule has 3 aromatic carbocycles. The molecule has 4 atom stereocenters. The highest BCUT2D eigenvalue weighted by molar-refractivity contribution is 6.02. The number of nitrogens with zero attached hydrogens (tertiary/aromatic N) is 3. The Morgan fingerprint density at radius 1 is 1.04 bits per heavy atom. The number of aliphatic hydroxyl groups is 1. The van der Waals surface area contributed by atoms with Crippen molar-refractivity contribution in [1.29, 1.82) is 0 Å². The fourth-order valence-electron chi connectivity index (χ4n) is 8.21. The maximum Gasteiger partial charge on any atom is 0.317 e. The normalized spacial score (nSPS) is 27.0. The minimum absolute atomic E-state index is 0.0157. The van der Waals surface area contributed by atoms with Crippen molar-refractivity contribution in [3.05, 3.63) is 59.0 Å². The van der Waals surface area contributed by atoms with Crippen LogP contribution >= 0.6 is 0 Å². The Bertz CT molecular complexity index is 1820. The van der Waals surface area contributed by atoms with E-state index < -0.39 is 40.3 Å². The fraction of sp³-hybridized carbons (Fsp3) is 0.486. The molecule has 2 aliphatic heterocycles. The van der Waals surface area contributed by atoms with E-state index in [9.17, 15) is 19.0 Å². The summed E-state index contributed by atoms with van der Waals surface area (Å²) in [4.78, 5) is 11.3. The Labute approximate surface area is 259 Å². The van der Waals surface area contributed by atoms with Crippen LogP contribution in [0.25, 0.3) is 32.8 Å². The first kappa shape index (κ1) is 30.2. The van der Waals surface area contributed by atoms with Crippen LogP contribution in [0.5, 0.6) is 11.8 Å². The van der Waals surface area contributed by atoms with Gasteiger partial charge in [0.1, 0.15) is 35.7 Å². The summed E-state index contributed by atoms with van der Waals surface area (Å²) < 4.78 is 68.6. The molecule has 7 rings (SSSR count). The highest BCUT2D eigenvalue weighted by Gasteiger charge is 2.49. The monoisotopic (exact) mass is 623 g/mol. The van der Waals surface area contributed by atoms with E-state index in [4.69, 9.17) is 4.74 Å². The summed E-state index contributed by atoms with van der Waals surface area (Å²) in [5, 5.41) is 22.4. The van der Waals surface area contributed by atoms with Gasteiger partial charge in [-0.3, -0.25) is 4.90 Å². The molecule has 45 heavy (non-hydrogen) atoms. The molecule has 3 aliphatic rings. The Kier molecular flexibility index (Phi) is 7.43. The maximum absolute atomic E-state index is 16.8. The van der Waals surface area contributed by atoms with Crippen LogP contribution in [0.15, 0.2) is 30.3 Å². The molecule has 1 unspecified atom stereocenters. The lowest BCUT2D eigenvalue weighted by Gasteiger charge is -2.34. The van der Waals surface area contributed by atoms with Gasteiger partial charge in [0.2, 0.25) is 0 Å². The van der Waals surface area contributed by atoms with Gasteiger partial charge in [-0.1, -0.05) is 13.0 Å². The van der Waals surface area contributed by atoms with Crippen LogP contribution < -0.4 is 4.74 Å². The minimum Gasteiger partial charge on any atom is -0.508 e. The van der Waals surface area contributed by atoms with Crippen LogP contribution in [0.1, 0.15) is 76.0 Å². The van der Waals surface area contributed by atoms with Crippen molar-refractivity contribution in [2.45, 2.75) is 88.4 Å². The van der Waals surface area contributed by atoms with Crippen molar-refractivity contribution >= 4 is 21.7 Å². The summed E-state index contributed by atoms with van der Waals surface area (Å²) in [7, 11) is 0. The second-order valence-electron chi connectivity index (χ2n) is 13.5. The second-order valence-corrected chi connectivity index (χ2v) is 13.5. The molecule has 3 fully saturated rings. The van der Waals surface area contributed by atoms with Gasteiger partial charge in [0.05, 0.1) is 22.4 Å². The molecule has 2 N–H and O–H groups in total. The quantitative estimate of drug-likeness (QED) is 0.217. The number of phenols is 1. The second kappa shape index (κ2) is 11.1. The van der Waals surface area contributed by atoms with E-state index in [1.165, 1.54) is 30.3 Å². The average molecular weight is 624 g/mol. The molecule has 1 saturated carbocycles. The first-order chi connectivity index (χ1) is 21.5. The SMILES string of the molecule is CCc1c(F)ccc2cc(O)cc(-c3c(F)cc4c(C5CCC[C@@](C)(O)C5)nc(OC[C@@]56CCCN5C[C@H](F)C6)nc4c3F)c12. The van der Waals surface area contributed by atoms with Gasteiger partial charge in [0, 0.05) is 24.3 Å². The molecule has 6 nitrogen and oxygen atoms in total. The molecule has 0 bridgehead atoms. The molecule has 0 spiro atoms. The molecular weight excluding hydrogens is 586 g/mol. The van der Waals surface area contributed by atoms with Crippen LogP contribution in [0.4, 0.5) is 17.6 Å². The predicted octanol–water partition coefficient (Wildman–Crippen LogP) is 7.50. The van der Waals surface area contributed by atoms with Crippen LogP contribution in [0, 0.1) is 17.5 Å². The number of aromatic hydroxyl groups is 1. The highest BCUT2D eigenvalue weighted by Crippen LogP contribution is 2.45. The van der Waals surface area contributed by atoms with Crippen molar-refractivity contribution in [3.63, 3.8) is 0 Å². The largest absolute Gasteiger partial charge is 0.508 e. The zero-order chi connectivity index (χ0) is 31.7. The molecule has 0 radical (unpaired) electrons. The lowest BCUT2D eigenvalue weighted by atomic mass is 9.77. The van der Waals surface area contributed by atoms with Crippen molar-refractivity contribution in [2.24, 2.45) is 0 Å². The number of phenolic OH excluding ortho intramolecular Hbond substituents is 1. The Balaban J connectivity index is 1.41. The van der Waals surface area contributed by atoms with Crippen molar-refractivity contribution in [1.82, 2.24) is 14.9 Å². The first-order valence-electron chi connectivity index (χ1n) is 15.9. The van der Waals surface area contributed by atoms with Crippen molar-refractivity contribution in [3.8, 4) is 22.9 Å². The van der Waals surface area contributed by atoms with Gasteiger partial charge in [-0.25, -0.2) is 17.6 Å². The Morgan fingerprint density at radius 2 is 1.87 bits per heavy atom. The van der Waals surface area contributed by atoms with E-state index in [0.717, 1.165) is 19.4 Å². The highest BCUT2D eigenvalue weighted by atomic mass is 19.1. The Morgan fingerprint density at radius 3 is 2.64 bits per heavy atom. The molecular formula is C35H37F4N3O3. The van der Waals surface area contributed by atoms with Gasteiger partial charge in [-0.05, 0) is 105 Å². The average Bonchev–Trinajstić information content (AvgIpc) is 3.51. The zero-order valence-corrected chi connectivity index (χ0v) is 25.5. The third-order valence-corrected chi connectivity index (χ3v) is 10.2. The molecule has 0 amide bonds. The number of ether oxygens (including phenoxy) is 1. The molecule has 1 aliphatic carbocycles. The summed E-state index contributed by atoms with van der Waals surface area (Å²) in [6.45, 7) is 4.76. The van der Waals surface area contributed by atoms with Crippen LogP contribution in [0.2, 0.25) is 0 Å². The van der Waals surface area contributed by atoms with Crippen LogP contribution in [-0.2, 0) is 6.42 Å². The standard InChI is InChI=1S/C35H37F4N3O3/c1-3-23-26(37)8-7-19-12-22(43)13-24(28(19)23)29-27(38)14-25-31(20-6-4-9-34(2,44)15-20)40-33(41-32(25)30(29)39)45-18-35-10-5-11-42(35)17-21(36)16-35/h7-8,12-14,20-21,43-44H,3-6,9-11,15-18H2,1-2H3/t20?,21-,34-,35+/m1/s1. The lowest BCUT2D eigenvalue weighted by Crippen LogP contribution is -2.43. The van der Waals surface area contributed by atoms with Gasteiger partial charge in [0.25, 0.3) is 0 Å².